The molecule has 4 aliphatic rings. The van der Waals surface area contributed by atoms with Crippen LogP contribution in [0.4, 0.5) is 11.4 Å². The molecule has 8 heteroatoms. The Kier molecular flexibility index (Phi) is 4.85. The number of nitrogens with zero attached hydrogens (tertiary/aromatic N) is 2. The lowest BCUT2D eigenvalue weighted by Crippen LogP contribution is -2.32. The van der Waals surface area contributed by atoms with E-state index in [4.69, 9.17) is 16.3 Å². The Labute approximate surface area is 200 Å². The molecule has 0 aromatic heterocycles. The second-order valence-electron chi connectivity index (χ2n) is 9.29. The first kappa shape index (κ1) is 21.1. The second kappa shape index (κ2) is 7.81. The molecule has 3 fully saturated rings. The fourth-order valence-corrected chi connectivity index (χ4v) is 6.05. The average molecular weight is 477 g/mol. The van der Waals surface area contributed by atoms with Gasteiger partial charge in [0.1, 0.15) is 5.75 Å². The lowest BCUT2D eigenvalue weighted by Gasteiger charge is -2.19. The lowest BCUT2D eigenvalue weighted by molar-refractivity contribution is -0.139. The van der Waals surface area contributed by atoms with Gasteiger partial charge >= 0.3 is 5.97 Å². The van der Waals surface area contributed by atoms with Crippen LogP contribution in [-0.2, 0) is 19.2 Å². The van der Waals surface area contributed by atoms with Gasteiger partial charge in [0, 0.05) is 19.0 Å². The molecule has 0 spiro atoms. The first-order valence-corrected chi connectivity index (χ1v) is 11.7. The van der Waals surface area contributed by atoms with Gasteiger partial charge in [-0.05, 0) is 42.5 Å². The number of benzene rings is 2. The number of esters is 1. The Morgan fingerprint density at radius 3 is 2.35 bits per heavy atom. The lowest BCUT2D eigenvalue weighted by atomic mass is 9.85. The number of carbonyl (C=O) groups is 4. The number of imide groups is 1. The van der Waals surface area contributed by atoms with E-state index < -0.39 is 11.9 Å². The van der Waals surface area contributed by atoms with Gasteiger partial charge in [-0.2, -0.15) is 0 Å². The molecule has 0 N–H and O–H groups in total. The summed E-state index contributed by atoms with van der Waals surface area (Å²) in [6.07, 6.45) is 4.98. The summed E-state index contributed by atoms with van der Waals surface area (Å²) in [5, 5.41) is 0.436. The average Bonchev–Trinajstić information content (AvgIpc) is 3.58. The zero-order chi connectivity index (χ0) is 23.6. The van der Waals surface area contributed by atoms with Gasteiger partial charge in [-0.3, -0.25) is 19.2 Å². The molecule has 2 saturated heterocycles. The molecule has 2 bridgehead atoms. The maximum atomic E-state index is 13.1. The summed E-state index contributed by atoms with van der Waals surface area (Å²) in [6, 6.07) is 13.4. The predicted molar refractivity (Wildman–Crippen MR) is 124 cm³/mol. The number of allylic oxidation sites excluding steroid dienone is 2. The minimum atomic E-state index is -0.650. The van der Waals surface area contributed by atoms with Gasteiger partial charge in [-0.1, -0.05) is 42.0 Å². The van der Waals surface area contributed by atoms with Crippen LogP contribution in [0.2, 0.25) is 5.02 Å². The van der Waals surface area contributed by atoms with Crippen LogP contribution < -0.4 is 14.5 Å². The topological polar surface area (TPSA) is 84.0 Å². The van der Waals surface area contributed by atoms with Crippen molar-refractivity contribution in [1.29, 1.82) is 0 Å². The van der Waals surface area contributed by atoms with E-state index in [1.165, 1.54) is 15.9 Å². The highest BCUT2D eigenvalue weighted by Crippen LogP contribution is 2.53. The van der Waals surface area contributed by atoms with Crippen molar-refractivity contribution in [1.82, 2.24) is 0 Å². The summed E-state index contributed by atoms with van der Waals surface area (Å²) >= 11 is 6.21. The zero-order valence-electron chi connectivity index (χ0n) is 18.1. The fourth-order valence-electron chi connectivity index (χ4n) is 5.81. The number of para-hydroxylation sites is 1. The quantitative estimate of drug-likeness (QED) is 0.291. The molecule has 1 saturated carbocycles. The normalized spacial score (nSPS) is 29.3. The molecule has 0 radical (unpaired) electrons. The van der Waals surface area contributed by atoms with Crippen molar-refractivity contribution in [3.05, 3.63) is 65.7 Å². The highest BCUT2D eigenvalue weighted by molar-refractivity contribution is 6.34. The molecule has 34 heavy (non-hydrogen) atoms. The Bertz CT molecular complexity index is 1240. The molecular formula is C26H21ClN2O5. The van der Waals surface area contributed by atoms with E-state index in [0.29, 0.717) is 16.4 Å². The van der Waals surface area contributed by atoms with E-state index in [1.807, 2.05) is 12.2 Å². The molecule has 2 aromatic rings. The molecule has 2 heterocycles. The number of fused-ring (bicyclic) bond motifs is 5. The SMILES string of the molecule is O=C(Oc1cccc(N2C(=O)[C@H]3[C@H](C2=O)[C@H]2C=C[C@H]3C2)c1)[C@H]1CC(=O)N(c2ccccc2Cl)C1. The predicted octanol–water partition coefficient (Wildman–Crippen LogP) is 3.61. The van der Waals surface area contributed by atoms with Crippen molar-refractivity contribution in [3.8, 4) is 5.75 Å². The summed E-state index contributed by atoms with van der Waals surface area (Å²) in [4.78, 5) is 54.2. The van der Waals surface area contributed by atoms with Gasteiger partial charge in [0.2, 0.25) is 17.7 Å². The monoisotopic (exact) mass is 476 g/mol. The number of carbonyl (C=O) groups excluding carboxylic acids is 4. The van der Waals surface area contributed by atoms with Crippen molar-refractivity contribution in [2.45, 2.75) is 12.8 Å². The molecule has 172 valence electrons. The van der Waals surface area contributed by atoms with Crippen LogP contribution in [-0.4, -0.2) is 30.2 Å². The van der Waals surface area contributed by atoms with Crippen LogP contribution in [0.25, 0.3) is 0 Å². The van der Waals surface area contributed by atoms with E-state index >= 15 is 0 Å². The van der Waals surface area contributed by atoms with Crippen molar-refractivity contribution >= 4 is 46.7 Å². The number of rotatable bonds is 4. The number of ether oxygens (including phenoxy) is 1. The molecule has 6 rings (SSSR count). The van der Waals surface area contributed by atoms with Crippen molar-refractivity contribution in [2.24, 2.45) is 29.6 Å². The minimum absolute atomic E-state index is 0.0198. The van der Waals surface area contributed by atoms with Crippen molar-refractivity contribution < 1.29 is 23.9 Å². The maximum absolute atomic E-state index is 13.1. The van der Waals surface area contributed by atoms with E-state index in [9.17, 15) is 19.2 Å². The number of amides is 3. The molecule has 2 aromatic carbocycles. The molecular weight excluding hydrogens is 456 g/mol. The van der Waals surface area contributed by atoms with Crippen LogP contribution in [0.5, 0.6) is 5.75 Å². The van der Waals surface area contributed by atoms with Crippen LogP contribution >= 0.6 is 11.6 Å². The van der Waals surface area contributed by atoms with Crippen molar-refractivity contribution in [2.75, 3.05) is 16.3 Å². The maximum Gasteiger partial charge on any atom is 0.316 e. The largest absolute Gasteiger partial charge is 0.426 e. The Hall–Kier alpha value is -3.45. The summed E-state index contributed by atoms with van der Waals surface area (Å²) < 4.78 is 5.57. The Balaban J connectivity index is 1.18. The summed E-state index contributed by atoms with van der Waals surface area (Å²) in [6.45, 7) is 0.170. The van der Waals surface area contributed by atoms with Crippen LogP contribution in [0, 0.1) is 29.6 Å². The third-order valence-corrected chi connectivity index (χ3v) is 7.69. The Morgan fingerprint density at radius 2 is 1.65 bits per heavy atom. The van der Waals surface area contributed by atoms with E-state index in [1.54, 1.807) is 42.5 Å². The molecule has 0 unspecified atom stereocenters. The van der Waals surface area contributed by atoms with E-state index in [0.717, 1.165) is 6.42 Å². The highest BCUT2D eigenvalue weighted by atomic mass is 35.5. The van der Waals surface area contributed by atoms with Gasteiger partial charge < -0.3 is 9.64 Å². The molecule has 5 atom stereocenters. The first-order valence-electron chi connectivity index (χ1n) is 11.3. The number of hydrogen-bond acceptors (Lipinski definition) is 5. The standard InChI is InChI=1S/C26H21ClN2O5/c27-19-6-1-2-7-20(19)28-13-16(11-21(28)30)26(33)34-18-5-3-4-17(12-18)29-24(31)22-14-8-9-15(10-14)23(22)25(29)32/h1-9,12,14-16,22-23H,10-11,13H2/t14-,15-,16-,22+,23+/m0/s1. The number of hydrogen-bond donors (Lipinski definition) is 0. The Morgan fingerprint density at radius 1 is 0.941 bits per heavy atom. The van der Waals surface area contributed by atoms with Crippen LogP contribution in [0.15, 0.2) is 60.7 Å². The summed E-state index contributed by atoms with van der Waals surface area (Å²) in [7, 11) is 0. The minimum Gasteiger partial charge on any atom is -0.426 e. The highest BCUT2D eigenvalue weighted by Gasteiger charge is 2.59. The van der Waals surface area contributed by atoms with Gasteiger partial charge in [0.25, 0.3) is 0 Å². The second-order valence-corrected chi connectivity index (χ2v) is 9.69. The third kappa shape index (κ3) is 3.18. The third-order valence-electron chi connectivity index (χ3n) is 7.37. The summed E-state index contributed by atoms with van der Waals surface area (Å²) in [5.41, 5.74) is 0.959. The van der Waals surface area contributed by atoms with E-state index in [-0.39, 0.29) is 60.1 Å². The zero-order valence-corrected chi connectivity index (χ0v) is 18.9. The fraction of sp³-hybridized carbons (Fsp3) is 0.308. The molecule has 7 nitrogen and oxygen atoms in total. The van der Waals surface area contributed by atoms with Crippen LogP contribution in [0.1, 0.15) is 12.8 Å². The smallest absolute Gasteiger partial charge is 0.316 e. The summed E-state index contributed by atoms with van der Waals surface area (Å²) in [5.74, 6) is -1.89. The number of anilines is 2. The van der Waals surface area contributed by atoms with Gasteiger partial charge in [-0.25, -0.2) is 4.90 Å². The van der Waals surface area contributed by atoms with Gasteiger partial charge in [0.05, 0.1) is 34.2 Å². The van der Waals surface area contributed by atoms with Crippen LogP contribution in [0.3, 0.4) is 0 Å². The van der Waals surface area contributed by atoms with Gasteiger partial charge in [0.15, 0.2) is 0 Å². The van der Waals surface area contributed by atoms with E-state index in [2.05, 4.69) is 0 Å². The number of halogens is 1. The first-order chi connectivity index (χ1) is 16.4. The molecule has 2 aliphatic heterocycles. The molecule has 2 aliphatic carbocycles. The molecule has 3 amide bonds. The van der Waals surface area contributed by atoms with Crippen molar-refractivity contribution in [3.63, 3.8) is 0 Å². The van der Waals surface area contributed by atoms with Gasteiger partial charge in [-0.15, -0.1) is 0 Å².